The first kappa shape index (κ1) is 12.5. The van der Waals surface area contributed by atoms with Gasteiger partial charge >= 0.3 is 0 Å². The van der Waals surface area contributed by atoms with Crippen LogP contribution in [0.1, 0.15) is 0 Å². The Kier molecular flexibility index (Phi) is 3.58. The van der Waals surface area contributed by atoms with E-state index >= 15 is 0 Å². The molecule has 0 unspecified atom stereocenters. The maximum atomic E-state index is 13.6. The van der Waals surface area contributed by atoms with Gasteiger partial charge in [-0.1, -0.05) is 17.7 Å². The van der Waals surface area contributed by atoms with Crippen LogP contribution in [0.4, 0.5) is 10.1 Å². The van der Waals surface area contributed by atoms with Crippen LogP contribution in [0.3, 0.4) is 0 Å². The van der Waals surface area contributed by atoms with Gasteiger partial charge in [-0.25, -0.2) is 4.39 Å². The first-order chi connectivity index (χ1) is 8.61. The fraction of sp³-hybridized carbons (Fsp3) is 0.0769. The third kappa shape index (κ3) is 2.49. The maximum Gasteiger partial charge on any atom is 0.184 e. The Morgan fingerprint density at radius 2 is 1.94 bits per heavy atom. The van der Waals surface area contributed by atoms with Gasteiger partial charge in [0.25, 0.3) is 0 Å². The Hall–Kier alpha value is -1.94. The zero-order valence-electron chi connectivity index (χ0n) is 9.61. The van der Waals surface area contributed by atoms with Crippen LogP contribution in [0.25, 0.3) is 0 Å². The number of methoxy groups -OCH3 is 1. The van der Waals surface area contributed by atoms with E-state index in [9.17, 15) is 4.39 Å². The molecule has 0 aliphatic heterocycles. The monoisotopic (exact) mass is 267 g/mol. The number of hydrogen-bond donors (Lipinski definition) is 1. The fourth-order valence-electron chi connectivity index (χ4n) is 1.43. The van der Waals surface area contributed by atoms with Crippen molar-refractivity contribution in [3.05, 3.63) is 47.2 Å². The Morgan fingerprint density at radius 3 is 2.61 bits per heavy atom. The molecule has 18 heavy (non-hydrogen) atoms. The van der Waals surface area contributed by atoms with Crippen LogP contribution in [0, 0.1) is 5.82 Å². The minimum absolute atomic E-state index is 0.000386. The summed E-state index contributed by atoms with van der Waals surface area (Å²) in [7, 11) is 1.53. The van der Waals surface area contributed by atoms with Gasteiger partial charge in [0.15, 0.2) is 17.3 Å². The van der Waals surface area contributed by atoms with Crippen LogP contribution in [0.15, 0.2) is 36.4 Å². The molecule has 0 bridgehead atoms. The number of rotatable bonds is 3. The van der Waals surface area contributed by atoms with Crippen molar-refractivity contribution >= 4 is 17.3 Å². The maximum absolute atomic E-state index is 13.6. The van der Waals surface area contributed by atoms with Crippen LogP contribution >= 0.6 is 11.6 Å². The van der Waals surface area contributed by atoms with Gasteiger partial charge in [0.05, 0.1) is 17.8 Å². The molecule has 0 atom stereocenters. The molecule has 0 saturated carbocycles. The normalized spacial score (nSPS) is 10.2. The van der Waals surface area contributed by atoms with Gasteiger partial charge in [0.2, 0.25) is 0 Å². The summed E-state index contributed by atoms with van der Waals surface area (Å²) < 4.78 is 24.0. The summed E-state index contributed by atoms with van der Waals surface area (Å²) >= 11 is 5.66. The Bertz CT molecular complexity index is 575. The van der Waals surface area contributed by atoms with Crippen molar-refractivity contribution < 1.29 is 13.9 Å². The number of halogens is 2. The summed E-state index contributed by atoms with van der Waals surface area (Å²) in [5.74, 6) is 0.358. The molecule has 0 saturated heterocycles. The zero-order chi connectivity index (χ0) is 13.1. The van der Waals surface area contributed by atoms with Crippen molar-refractivity contribution in [1.82, 2.24) is 0 Å². The van der Waals surface area contributed by atoms with Crippen LogP contribution < -0.4 is 15.2 Å². The predicted octanol–water partition coefficient (Wildman–Crippen LogP) is 3.86. The van der Waals surface area contributed by atoms with Gasteiger partial charge in [0, 0.05) is 6.07 Å². The minimum atomic E-state index is -0.616. The number of nitrogen functional groups attached to an aromatic ring is 1. The summed E-state index contributed by atoms with van der Waals surface area (Å²) in [4.78, 5) is 0. The third-order valence-corrected chi connectivity index (χ3v) is 2.64. The van der Waals surface area contributed by atoms with Crippen LogP contribution in [-0.4, -0.2) is 7.11 Å². The highest BCUT2D eigenvalue weighted by atomic mass is 35.5. The van der Waals surface area contributed by atoms with Gasteiger partial charge in [-0.3, -0.25) is 0 Å². The highest BCUT2D eigenvalue weighted by Gasteiger charge is 2.10. The summed E-state index contributed by atoms with van der Waals surface area (Å²) in [5, 5.41) is -0.000386. The van der Waals surface area contributed by atoms with Crippen molar-refractivity contribution in [3.63, 3.8) is 0 Å². The Balaban J connectivity index is 2.31. The van der Waals surface area contributed by atoms with Crippen LogP contribution in [0.5, 0.6) is 17.2 Å². The first-order valence-corrected chi connectivity index (χ1v) is 5.55. The van der Waals surface area contributed by atoms with E-state index in [1.54, 1.807) is 24.3 Å². The quantitative estimate of drug-likeness (QED) is 0.859. The molecular formula is C13H11ClFNO2. The van der Waals surface area contributed by atoms with Gasteiger partial charge in [-0.05, 0) is 24.3 Å². The summed E-state index contributed by atoms with van der Waals surface area (Å²) in [5.41, 5.74) is 6.13. The van der Waals surface area contributed by atoms with Crippen molar-refractivity contribution in [1.29, 1.82) is 0 Å². The van der Waals surface area contributed by atoms with E-state index in [-0.39, 0.29) is 10.8 Å². The number of anilines is 1. The lowest BCUT2D eigenvalue weighted by Gasteiger charge is -2.10. The highest BCUT2D eigenvalue weighted by molar-refractivity contribution is 6.30. The molecule has 0 aliphatic rings. The van der Waals surface area contributed by atoms with Crippen molar-refractivity contribution in [2.75, 3.05) is 12.8 Å². The van der Waals surface area contributed by atoms with Gasteiger partial charge < -0.3 is 15.2 Å². The topological polar surface area (TPSA) is 44.5 Å². The molecule has 94 valence electrons. The van der Waals surface area contributed by atoms with E-state index in [1.165, 1.54) is 19.2 Å². The second kappa shape index (κ2) is 5.14. The number of ether oxygens (including phenoxy) is 2. The SMILES string of the molecule is COc1ccc(Oc2cccc(Cl)c2F)c(N)c1. The van der Waals surface area contributed by atoms with E-state index in [4.69, 9.17) is 26.8 Å². The molecular weight excluding hydrogens is 257 g/mol. The fourth-order valence-corrected chi connectivity index (χ4v) is 1.59. The molecule has 2 aromatic rings. The summed E-state index contributed by atoms with van der Waals surface area (Å²) in [6, 6.07) is 9.40. The standard InChI is InChI=1S/C13H11ClFNO2/c1-17-8-5-6-11(10(16)7-8)18-12-4-2-3-9(14)13(12)15/h2-7H,16H2,1H3. The molecule has 0 fully saturated rings. The molecule has 0 spiro atoms. The average Bonchev–Trinajstić information content (AvgIpc) is 2.37. The van der Waals surface area contributed by atoms with Gasteiger partial charge in [0.1, 0.15) is 5.75 Å². The average molecular weight is 268 g/mol. The van der Waals surface area contributed by atoms with Crippen LogP contribution in [-0.2, 0) is 0 Å². The third-order valence-electron chi connectivity index (χ3n) is 2.35. The zero-order valence-corrected chi connectivity index (χ0v) is 10.4. The van der Waals surface area contributed by atoms with Crippen molar-refractivity contribution in [3.8, 4) is 17.2 Å². The second-order valence-corrected chi connectivity index (χ2v) is 3.96. The lowest BCUT2D eigenvalue weighted by molar-refractivity contribution is 0.412. The van der Waals surface area contributed by atoms with E-state index in [2.05, 4.69) is 0 Å². The molecule has 5 heteroatoms. The lowest BCUT2D eigenvalue weighted by atomic mass is 10.2. The largest absolute Gasteiger partial charge is 0.497 e. The van der Waals surface area contributed by atoms with Crippen molar-refractivity contribution in [2.24, 2.45) is 0 Å². The number of benzene rings is 2. The first-order valence-electron chi connectivity index (χ1n) is 5.17. The van der Waals surface area contributed by atoms with E-state index in [0.717, 1.165) is 0 Å². The molecule has 0 radical (unpaired) electrons. The number of hydrogen-bond acceptors (Lipinski definition) is 3. The molecule has 2 N–H and O–H groups in total. The molecule has 0 aromatic heterocycles. The van der Waals surface area contributed by atoms with E-state index in [0.29, 0.717) is 17.2 Å². The Morgan fingerprint density at radius 1 is 1.17 bits per heavy atom. The van der Waals surface area contributed by atoms with Crippen molar-refractivity contribution in [2.45, 2.75) is 0 Å². The smallest absolute Gasteiger partial charge is 0.184 e. The lowest BCUT2D eigenvalue weighted by Crippen LogP contribution is -1.95. The molecule has 0 amide bonds. The summed E-state index contributed by atoms with van der Waals surface area (Å²) in [6.45, 7) is 0. The predicted molar refractivity (Wildman–Crippen MR) is 68.9 cm³/mol. The van der Waals surface area contributed by atoms with E-state index < -0.39 is 5.82 Å². The second-order valence-electron chi connectivity index (χ2n) is 3.56. The van der Waals surface area contributed by atoms with Gasteiger partial charge in [-0.15, -0.1) is 0 Å². The van der Waals surface area contributed by atoms with Crippen LogP contribution in [0.2, 0.25) is 5.02 Å². The molecule has 2 rings (SSSR count). The number of nitrogens with two attached hydrogens (primary N) is 1. The molecule has 0 heterocycles. The molecule has 3 nitrogen and oxygen atoms in total. The molecule has 0 aliphatic carbocycles. The highest BCUT2D eigenvalue weighted by Crippen LogP contribution is 2.33. The van der Waals surface area contributed by atoms with Gasteiger partial charge in [-0.2, -0.15) is 0 Å². The van der Waals surface area contributed by atoms with E-state index in [1.807, 2.05) is 0 Å². The molecule has 2 aromatic carbocycles. The minimum Gasteiger partial charge on any atom is -0.497 e. The summed E-state index contributed by atoms with van der Waals surface area (Å²) in [6.07, 6.45) is 0. The Labute approximate surface area is 109 Å².